The number of carbonyl (C=O) groups is 1. The molecule has 2 aromatic heterocycles. The Bertz CT molecular complexity index is 976. The molecule has 1 aromatic carbocycles. The van der Waals surface area contributed by atoms with Crippen molar-refractivity contribution in [1.29, 1.82) is 0 Å². The minimum Gasteiger partial charge on any atom is -0.477 e. The number of amides is 1. The molecule has 1 amide bonds. The molecule has 7 nitrogen and oxygen atoms in total. The number of carbonyl (C=O) groups excluding carboxylic acids is 1. The van der Waals surface area contributed by atoms with Gasteiger partial charge in [0.05, 0.1) is 17.7 Å². The van der Waals surface area contributed by atoms with Gasteiger partial charge >= 0.3 is 0 Å². The highest BCUT2D eigenvalue weighted by Gasteiger charge is 2.23. The third-order valence-corrected chi connectivity index (χ3v) is 4.23. The molecular weight excluding hydrogens is 368 g/mol. The van der Waals surface area contributed by atoms with Crippen molar-refractivity contribution < 1.29 is 14.1 Å². The van der Waals surface area contributed by atoms with Crippen molar-refractivity contribution in [3.8, 4) is 17.3 Å². The Labute approximate surface area is 170 Å². The summed E-state index contributed by atoms with van der Waals surface area (Å²) >= 11 is 0. The molecule has 152 valence electrons. The molecule has 0 radical (unpaired) electrons. The zero-order chi connectivity index (χ0) is 20.9. The quantitative estimate of drug-likeness (QED) is 0.647. The van der Waals surface area contributed by atoms with E-state index in [2.05, 4.69) is 20.4 Å². The van der Waals surface area contributed by atoms with Crippen molar-refractivity contribution in [3.05, 3.63) is 59.5 Å². The summed E-state index contributed by atoms with van der Waals surface area (Å²) in [5.74, 6) is 1.22. The Hall–Kier alpha value is -3.22. The van der Waals surface area contributed by atoms with E-state index in [1.54, 1.807) is 24.4 Å². The van der Waals surface area contributed by atoms with Gasteiger partial charge in [-0.3, -0.25) is 4.79 Å². The zero-order valence-corrected chi connectivity index (χ0v) is 17.2. The lowest BCUT2D eigenvalue weighted by atomic mass is 9.96. The van der Waals surface area contributed by atoms with E-state index in [1.165, 1.54) is 0 Å². The second-order valence-electron chi connectivity index (χ2n) is 7.72. The lowest BCUT2D eigenvalue weighted by molar-refractivity contribution is 0.0951. The summed E-state index contributed by atoms with van der Waals surface area (Å²) in [6, 6.07) is 10.9. The van der Waals surface area contributed by atoms with Crippen LogP contribution in [0.5, 0.6) is 5.88 Å². The number of aromatic nitrogens is 3. The van der Waals surface area contributed by atoms with E-state index in [0.29, 0.717) is 41.9 Å². The van der Waals surface area contributed by atoms with Crippen molar-refractivity contribution in [2.45, 2.75) is 46.1 Å². The smallest absolute Gasteiger partial charge is 0.258 e. The van der Waals surface area contributed by atoms with Crippen LogP contribution < -0.4 is 10.1 Å². The van der Waals surface area contributed by atoms with Crippen LogP contribution in [-0.4, -0.2) is 27.6 Å². The molecule has 0 aliphatic carbocycles. The van der Waals surface area contributed by atoms with E-state index in [1.807, 2.05) is 45.9 Å². The highest BCUT2D eigenvalue weighted by molar-refractivity contribution is 5.99. The van der Waals surface area contributed by atoms with Crippen LogP contribution in [0.4, 0.5) is 0 Å². The SMILES string of the molecule is CCCOc1ncccc1CNC(=O)c1ccccc1-c1nc(C(C)(C)C)no1. The largest absolute Gasteiger partial charge is 0.477 e. The second-order valence-corrected chi connectivity index (χ2v) is 7.72. The van der Waals surface area contributed by atoms with Crippen LogP contribution in [0.1, 0.15) is 55.9 Å². The van der Waals surface area contributed by atoms with Crippen molar-refractivity contribution >= 4 is 5.91 Å². The van der Waals surface area contributed by atoms with Crippen LogP contribution in [0.3, 0.4) is 0 Å². The van der Waals surface area contributed by atoms with Gasteiger partial charge in [0.15, 0.2) is 5.82 Å². The molecule has 1 N–H and O–H groups in total. The second kappa shape index (κ2) is 8.86. The molecular formula is C22H26N4O3. The predicted molar refractivity (Wildman–Crippen MR) is 110 cm³/mol. The summed E-state index contributed by atoms with van der Waals surface area (Å²) in [5, 5.41) is 6.99. The van der Waals surface area contributed by atoms with Gasteiger partial charge < -0.3 is 14.6 Å². The van der Waals surface area contributed by atoms with Gasteiger partial charge in [-0.2, -0.15) is 4.98 Å². The van der Waals surface area contributed by atoms with Crippen molar-refractivity contribution in [2.75, 3.05) is 6.61 Å². The fraction of sp³-hybridized carbons (Fsp3) is 0.364. The molecule has 29 heavy (non-hydrogen) atoms. The molecule has 3 rings (SSSR count). The first-order valence-electron chi connectivity index (χ1n) is 9.68. The zero-order valence-electron chi connectivity index (χ0n) is 17.2. The minimum atomic E-state index is -0.242. The van der Waals surface area contributed by atoms with E-state index < -0.39 is 0 Å². The fourth-order valence-electron chi connectivity index (χ4n) is 2.66. The Balaban J connectivity index is 1.79. The van der Waals surface area contributed by atoms with Gasteiger partial charge in [0, 0.05) is 23.7 Å². The van der Waals surface area contributed by atoms with Gasteiger partial charge in [0.1, 0.15) is 0 Å². The topological polar surface area (TPSA) is 90.1 Å². The first-order valence-corrected chi connectivity index (χ1v) is 9.68. The molecule has 7 heteroatoms. The molecule has 0 aliphatic rings. The number of pyridine rings is 1. The van der Waals surface area contributed by atoms with Gasteiger partial charge in [0.2, 0.25) is 5.88 Å². The molecule has 0 atom stereocenters. The maximum absolute atomic E-state index is 12.9. The molecule has 0 saturated carbocycles. The number of hydrogen-bond donors (Lipinski definition) is 1. The number of rotatable bonds is 7. The summed E-state index contributed by atoms with van der Waals surface area (Å²) in [5.41, 5.74) is 1.64. The number of ether oxygens (including phenoxy) is 1. The predicted octanol–water partition coefficient (Wildman–Crippen LogP) is 4.15. The third kappa shape index (κ3) is 4.99. The third-order valence-electron chi connectivity index (χ3n) is 4.23. The van der Waals surface area contributed by atoms with Crippen LogP contribution in [0, 0.1) is 0 Å². The van der Waals surface area contributed by atoms with E-state index in [9.17, 15) is 4.79 Å². The molecule has 0 fully saturated rings. The van der Waals surface area contributed by atoms with Gasteiger partial charge in [-0.25, -0.2) is 4.98 Å². The van der Waals surface area contributed by atoms with Gasteiger partial charge in [-0.15, -0.1) is 0 Å². The average molecular weight is 394 g/mol. The Kier molecular flexibility index (Phi) is 6.26. The van der Waals surface area contributed by atoms with Crippen LogP contribution in [-0.2, 0) is 12.0 Å². The number of hydrogen-bond acceptors (Lipinski definition) is 6. The molecule has 0 saturated heterocycles. The van der Waals surface area contributed by atoms with Crippen LogP contribution in [0.2, 0.25) is 0 Å². The summed E-state index contributed by atoms with van der Waals surface area (Å²) < 4.78 is 11.1. The number of nitrogens with one attached hydrogen (secondary N) is 1. The molecule has 0 aliphatic heterocycles. The van der Waals surface area contributed by atoms with Crippen LogP contribution >= 0.6 is 0 Å². The summed E-state index contributed by atoms with van der Waals surface area (Å²) in [6.45, 7) is 8.93. The summed E-state index contributed by atoms with van der Waals surface area (Å²) in [6.07, 6.45) is 2.56. The van der Waals surface area contributed by atoms with E-state index in [4.69, 9.17) is 9.26 Å². The average Bonchev–Trinajstić information content (AvgIpc) is 3.22. The Morgan fingerprint density at radius 2 is 1.97 bits per heavy atom. The van der Waals surface area contributed by atoms with Crippen molar-refractivity contribution in [2.24, 2.45) is 0 Å². The first kappa shape index (κ1) is 20.5. The lowest BCUT2D eigenvalue weighted by Gasteiger charge is -2.12. The standard InChI is InChI=1S/C22H26N4O3/c1-5-13-28-19-15(9-8-12-23-19)14-24-18(27)16-10-6-7-11-17(16)20-25-21(26-29-20)22(2,3)4/h6-12H,5,13-14H2,1-4H3,(H,24,27). The van der Waals surface area contributed by atoms with Gasteiger partial charge in [-0.1, -0.05) is 51.1 Å². The molecule has 0 spiro atoms. The van der Waals surface area contributed by atoms with Crippen molar-refractivity contribution in [1.82, 2.24) is 20.4 Å². The van der Waals surface area contributed by atoms with E-state index in [0.717, 1.165) is 12.0 Å². The Morgan fingerprint density at radius 3 is 2.69 bits per heavy atom. The molecule has 2 heterocycles. The fourth-order valence-corrected chi connectivity index (χ4v) is 2.66. The highest BCUT2D eigenvalue weighted by atomic mass is 16.5. The number of benzene rings is 1. The maximum Gasteiger partial charge on any atom is 0.258 e. The number of nitrogens with zero attached hydrogens (tertiary/aromatic N) is 3. The molecule has 3 aromatic rings. The van der Waals surface area contributed by atoms with Gasteiger partial charge in [-0.05, 0) is 24.6 Å². The Morgan fingerprint density at radius 1 is 1.17 bits per heavy atom. The highest BCUT2D eigenvalue weighted by Crippen LogP contribution is 2.26. The van der Waals surface area contributed by atoms with Crippen LogP contribution in [0.15, 0.2) is 47.1 Å². The van der Waals surface area contributed by atoms with Crippen LogP contribution in [0.25, 0.3) is 11.5 Å². The first-order chi connectivity index (χ1) is 13.9. The summed E-state index contributed by atoms with van der Waals surface area (Å²) in [4.78, 5) is 21.6. The van der Waals surface area contributed by atoms with E-state index in [-0.39, 0.29) is 11.3 Å². The van der Waals surface area contributed by atoms with E-state index >= 15 is 0 Å². The van der Waals surface area contributed by atoms with Crippen molar-refractivity contribution in [3.63, 3.8) is 0 Å². The minimum absolute atomic E-state index is 0.235. The maximum atomic E-state index is 12.9. The van der Waals surface area contributed by atoms with Gasteiger partial charge in [0.25, 0.3) is 11.8 Å². The molecule has 0 unspecified atom stereocenters. The summed E-state index contributed by atoms with van der Waals surface area (Å²) in [7, 11) is 0. The normalized spacial score (nSPS) is 11.3. The lowest BCUT2D eigenvalue weighted by Crippen LogP contribution is -2.24. The monoisotopic (exact) mass is 394 g/mol. The molecule has 0 bridgehead atoms.